The Hall–Kier alpha value is -3.23. The second-order valence-corrected chi connectivity index (χ2v) is 5.57. The Labute approximate surface area is 160 Å². The predicted molar refractivity (Wildman–Crippen MR) is 99.8 cm³/mol. The molecule has 6 nitrogen and oxygen atoms in total. The van der Waals surface area contributed by atoms with Gasteiger partial charge >= 0.3 is 6.18 Å². The summed E-state index contributed by atoms with van der Waals surface area (Å²) in [5, 5.41) is 6.44. The average Bonchev–Trinajstić information content (AvgIpc) is 2.67. The molecule has 0 radical (unpaired) electrons. The zero-order chi connectivity index (χ0) is 20.6. The minimum absolute atomic E-state index is 0.185. The lowest BCUT2D eigenvalue weighted by atomic mass is 10.2. The smallest absolute Gasteiger partial charge is 0.416 e. The summed E-state index contributed by atoms with van der Waals surface area (Å²) in [6, 6.07) is 9.76. The maximum Gasteiger partial charge on any atom is 0.416 e. The summed E-state index contributed by atoms with van der Waals surface area (Å²) in [6.45, 7) is 2.13. The molecule has 150 valence electrons. The van der Waals surface area contributed by atoms with Crippen LogP contribution in [0.2, 0.25) is 0 Å². The van der Waals surface area contributed by atoms with E-state index in [9.17, 15) is 18.0 Å². The van der Waals surface area contributed by atoms with E-state index in [2.05, 4.69) is 15.8 Å². The number of carbonyl (C=O) groups is 1. The fourth-order valence-electron chi connectivity index (χ4n) is 2.25. The third kappa shape index (κ3) is 6.19. The number of carbonyl (C=O) groups excluding carboxylic acids is 1. The lowest BCUT2D eigenvalue weighted by Gasteiger charge is -2.10. The maximum atomic E-state index is 12.7. The standard InChI is InChI=1S/C19H20F3N3O3/c1-3-28-16-8-7-13(9-17(16)27-2)11-24-25-18(26)12-23-15-6-4-5-14(10-15)19(20,21)22/h4-11,23H,3,12H2,1-2H3,(H,25,26)/b24-11-. The van der Waals surface area contributed by atoms with Crippen LogP contribution in [-0.2, 0) is 11.0 Å². The molecular formula is C19H20F3N3O3. The Morgan fingerprint density at radius 1 is 1.18 bits per heavy atom. The van der Waals surface area contributed by atoms with Gasteiger partial charge in [-0.2, -0.15) is 18.3 Å². The van der Waals surface area contributed by atoms with Crippen LogP contribution in [0.5, 0.6) is 11.5 Å². The molecule has 0 atom stereocenters. The summed E-state index contributed by atoms with van der Waals surface area (Å²) in [6.07, 6.45) is -3.02. The molecule has 2 N–H and O–H groups in total. The van der Waals surface area contributed by atoms with Crippen molar-refractivity contribution in [3.05, 3.63) is 53.6 Å². The number of amides is 1. The highest BCUT2D eigenvalue weighted by atomic mass is 19.4. The van der Waals surface area contributed by atoms with Gasteiger partial charge in [-0.3, -0.25) is 4.79 Å². The summed E-state index contributed by atoms with van der Waals surface area (Å²) in [5.41, 5.74) is 2.36. The first kappa shape index (κ1) is 21.1. The van der Waals surface area contributed by atoms with Crippen LogP contribution in [0.15, 0.2) is 47.6 Å². The number of halogens is 3. The number of rotatable bonds is 8. The Bertz CT molecular complexity index is 839. The van der Waals surface area contributed by atoms with Gasteiger partial charge in [0.2, 0.25) is 0 Å². The van der Waals surface area contributed by atoms with Crippen molar-refractivity contribution >= 4 is 17.8 Å². The fraction of sp³-hybridized carbons (Fsp3) is 0.263. The monoisotopic (exact) mass is 395 g/mol. The van der Waals surface area contributed by atoms with Gasteiger partial charge in [-0.25, -0.2) is 5.43 Å². The molecule has 1 amide bonds. The van der Waals surface area contributed by atoms with E-state index in [0.29, 0.717) is 23.7 Å². The zero-order valence-electron chi connectivity index (χ0n) is 15.3. The van der Waals surface area contributed by atoms with Crippen molar-refractivity contribution in [2.75, 3.05) is 25.6 Å². The molecule has 9 heteroatoms. The van der Waals surface area contributed by atoms with Gasteiger partial charge in [0.25, 0.3) is 5.91 Å². The van der Waals surface area contributed by atoms with E-state index in [1.54, 1.807) is 18.2 Å². The maximum absolute atomic E-state index is 12.7. The van der Waals surface area contributed by atoms with E-state index >= 15 is 0 Å². The normalized spacial score (nSPS) is 11.3. The number of ether oxygens (including phenoxy) is 2. The van der Waals surface area contributed by atoms with Crippen molar-refractivity contribution < 1.29 is 27.4 Å². The topological polar surface area (TPSA) is 72.0 Å². The van der Waals surface area contributed by atoms with Crippen molar-refractivity contribution in [2.45, 2.75) is 13.1 Å². The van der Waals surface area contributed by atoms with Crippen molar-refractivity contribution in [3.63, 3.8) is 0 Å². The Kier molecular flexibility index (Phi) is 7.25. The highest BCUT2D eigenvalue weighted by molar-refractivity contribution is 5.84. The van der Waals surface area contributed by atoms with Crippen molar-refractivity contribution in [1.29, 1.82) is 0 Å². The van der Waals surface area contributed by atoms with Crippen LogP contribution in [0.4, 0.5) is 18.9 Å². The van der Waals surface area contributed by atoms with Gasteiger partial charge < -0.3 is 14.8 Å². The van der Waals surface area contributed by atoms with E-state index in [0.717, 1.165) is 12.1 Å². The molecule has 0 aliphatic heterocycles. The number of anilines is 1. The van der Waals surface area contributed by atoms with Crippen LogP contribution in [0.1, 0.15) is 18.1 Å². The molecule has 0 aromatic heterocycles. The number of nitrogens with zero attached hydrogens (tertiary/aromatic N) is 1. The molecular weight excluding hydrogens is 375 g/mol. The second-order valence-electron chi connectivity index (χ2n) is 5.57. The van der Waals surface area contributed by atoms with Gasteiger partial charge in [0.15, 0.2) is 11.5 Å². The van der Waals surface area contributed by atoms with E-state index < -0.39 is 17.6 Å². The van der Waals surface area contributed by atoms with Crippen LogP contribution in [0.25, 0.3) is 0 Å². The van der Waals surface area contributed by atoms with Gasteiger partial charge in [0.1, 0.15) is 0 Å². The van der Waals surface area contributed by atoms with Crippen molar-refractivity contribution in [1.82, 2.24) is 5.43 Å². The largest absolute Gasteiger partial charge is 0.493 e. The van der Waals surface area contributed by atoms with E-state index in [1.165, 1.54) is 25.5 Å². The van der Waals surface area contributed by atoms with Crippen molar-refractivity contribution in [2.24, 2.45) is 5.10 Å². The molecule has 0 unspecified atom stereocenters. The SMILES string of the molecule is CCOc1ccc(/C=N\NC(=O)CNc2cccc(C(F)(F)F)c2)cc1OC. The number of nitrogens with one attached hydrogen (secondary N) is 2. The Morgan fingerprint density at radius 2 is 1.96 bits per heavy atom. The van der Waals surface area contributed by atoms with Gasteiger partial charge in [0.05, 0.1) is 32.0 Å². The zero-order valence-corrected chi connectivity index (χ0v) is 15.3. The lowest BCUT2D eigenvalue weighted by molar-refractivity contribution is -0.137. The van der Waals surface area contributed by atoms with Gasteiger partial charge in [-0.1, -0.05) is 6.07 Å². The quantitative estimate of drug-likeness (QED) is 0.528. The van der Waals surface area contributed by atoms with Crippen LogP contribution in [-0.4, -0.2) is 32.4 Å². The summed E-state index contributed by atoms with van der Waals surface area (Å²) in [4.78, 5) is 11.8. The third-order valence-electron chi connectivity index (χ3n) is 3.53. The number of benzene rings is 2. The van der Waals surface area contributed by atoms with Crippen LogP contribution < -0.4 is 20.2 Å². The number of methoxy groups -OCH3 is 1. The molecule has 2 rings (SSSR count). The third-order valence-corrected chi connectivity index (χ3v) is 3.53. The molecule has 0 spiro atoms. The number of alkyl halides is 3. The molecule has 2 aromatic rings. The van der Waals surface area contributed by atoms with Gasteiger partial charge in [0, 0.05) is 5.69 Å². The predicted octanol–water partition coefficient (Wildman–Crippen LogP) is 3.67. The molecule has 2 aromatic carbocycles. The fourth-order valence-corrected chi connectivity index (χ4v) is 2.25. The first-order valence-corrected chi connectivity index (χ1v) is 8.37. The number of hydrogen-bond donors (Lipinski definition) is 2. The molecule has 0 saturated heterocycles. The molecule has 0 heterocycles. The van der Waals surface area contributed by atoms with Crippen molar-refractivity contribution in [3.8, 4) is 11.5 Å². The van der Waals surface area contributed by atoms with E-state index in [1.807, 2.05) is 6.92 Å². The average molecular weight is 395 g/mol. The summed E-state index contributed by atoms with van der Waals surface area (Å²) in [7, 11) is 1.51. The van der Waals surface area contributed by atoms with E-state index in [-0.39, 0.29) is 12.2 Å². The molecule has 0 aliphatic rings. The summed E-state index contributed by atoms with van der Waals surface area (Å²) >= 11 is 0. The van der Waals surface area contributed by atoms with E-state index in [4.69, 9.17) is 9.47 Å². The lowest BCUT2D eigenvalue weighted by Crippen LogP contribution is -2.26. The second kappa shape index (κ2) is 9.63. The number of hydrazone groups is 1. The first-order valence-electron chi connectivity index (χ1n) is 8.37. The molecule has 0 fully saturated rings. The van der Waals surface area contributed by atoms with Crippen LogP contribution >= 0.6 is 0 Å². The minimum atomic E-state index is -4.44. The van der Waals surface area contributed by atoms with Gasteiger partial charge in [-0.05, 0) is 48.9 Å². The first-order chi connectivity index (χ1) is 13.3. The van der Waals surface area contributed by atoms with Crippen LogP contribution in [0, 0.1) is 0 Å². The molecule has 0 aliphatic carbocycles. The molecule has 0 saturated carbocycles. The minimum Gasteiger partial charge on any atom is -0.493 e. The molecule has 0 bridgehead atoms. The van der Waals surface area contributed by atoms with Crippen LogP contribution in [0.3, 0.4) is 0 Å². The summed E-state index contributed by atoms with van der Waals surface area (Å²) < 4.78 is 48.7. The Morgan fingerprint density at radius 3 is 2.64 bits per heavy atom. The Balaban J connectivity index is 1.89. The highest BCUT2D eigenvalue weighted by Gasteiger charge is 2.30. The number of hydrogen-bond acceptors (Lipinski definition) is 5. The van der Waals surface area contributed by atoms with Gasteiger partial charge in [-0.15, -0.1) is 0 Å². The summed E-state index contributed by atoms with van der Waals surface area (Å²) in [5.74, 6) is 0.617. The highest BCUT2D eigenvalue weighted by Crippen LogP contribution is 2.30. The molecule has 28 heavy (non-hydrogen) atoms.